The Bertz CT molecular complexity index is 414. The van der Waals surface area contributed by atoms with Crippen LogP contribution in [0.1, 0.15) is 24.0 Å². The van der Waals surface area contributed by atoms with Gasteiger partial charge in [-0.15, -0.1) is 13.2 Å². The van der Waals surface area contributed by atoms with Gasteiger partial charge in [-0.3, -0.25) is 0 Å². The van der Waals surface area contributed by atoms with E-state index in [-0.39, 0.29) is 18.4 Å². The largest absolute Gasteiger partial charge is 0.573 e. The number of carbonyl (C=O) groups is 1. The average Bonchev–Trinajstić information content (AvgIpc) is 2.24. The van der Waals surface area contributed by atoms with Crippen molar-refractivity contribution in [2.75, 3.05) is 0 Å². The summed E-state index contributed by atoms with van der Waals surface area (Å²) in [5, 5.41) is 0. The fourth-order valence-corrected chi connectivity index (χ4v) is 1.48. The Morgan fingerprint density at radius 2 is 1.94 bits per heavy atom. The molecule has 0 saturated carbocycles. The fourth-order valence-electron chi connectivity index (χ4n) is 1.48. The normalized spacial score (nSPS) is 11.7. The summed E-state index contributed by atoms with van der Waals surface area (Å²) < 4.78 is 65.2. The van der Waals surface area contributed by atoms with Crippen LogP contribution < -0.4 is 4.74 Å². The average molecular weight is 268 g/mol. The number of halogens is 5. The molecule has 0 fully saturated rings. The Kier molecular flexibility index (Phi) is 4.63. The summed E-state index contributed by atoms with van der Waals surface area (Å²) in [6, 6.07) is 3.00. The van der Waals surface area contributed by atoms with Crippen LogP contribution in [0.2, 0.25) is 0 Å². The van der Waals surface area contributed by atoms with Crippen LogP contribution in [0.25, 0.3) is 0 Å². The Labute approximate surface area is 99.4 Å². The molecule has 0 heterocycles. The maximum Gasteiger partial charge on any atom is 0.573 e. The Morgan fingerprint density at radius 3 is 2.44 bits per heavy atom. The molecule has 0 amide bonds. The first-order valence-electron chi connectivity index (χ1n) is 4.94. The van der Waals surface area contributed by atoms with Crippen molar-refractivity contribution in [2.45, 2.75) is 25.6 Å². The summed E-state index contributed by atoms with van der Waals surface area (Å²) >= 11 is 0. The molecule has 100 valence electrons. The topological polar surface area (TPSA) is 26.3 Å². The summed E-state index contributed by atoms with van der Waals surface area (Å²) in [5.41, 5.74) is -0.851. The number of ether oxygens (including phenoxy) is 1. The van der Waals surface area contributed by atoms with Crippen molar-refractivity contribution in [2.24, 2.45) is 0 Å². The van der Waals surface area contributed by atoms with E-state index in [4.69, 9.17) is 0 Å². The standard InChI is InChI=1S/C11H9F5O2/c12-10(13)8-3-1-5-9(18-11(14,15)16)7(8)4-2-6-17/h1,3,5-6,10H,2,4H2. The molecule has 1 rings (SSSR count). The highest BCUT2D eigenvalue weighted by molar-refractivity contribution is 5.52. The van der Waals surface area contributed by atoms with E-state index < -0.39 is 24.1 Å². The van der Waals surface area contributed by atoms with E-state index >= 15 is 0 Å². The molecule has 0 aliphatic heterocycles. The van der Waals surface area contributed by atoms with Crippen LogP contribution in [-0.2, 0) is 11.2 Å². The van der Waals surface area contributed by atoms with Crippen molar-refractivity contribution in [3.8, 4) is 5.75 Å². The molecule has 18 heavy (non-hydrogen) atoms. The molecule has 1 aromatic rings. The molecule has 7 heteroatoms. The highest BCUT2D eigenvalue weighted by Gasteiger charge is 2.32. The maximum absolute atomic E-state index is 12.6. The first kappa shape index (κ1) is 14.4. The minimum atomic E-state index is -4.96. The molecular formula is C11H9F5O2. The number of carbonyl (C=O) groups excluding carboxylic acids is 1. The summed E-state index contributed by atoms with van der Waals surface area (Å²) in [6.45, 7) is 0. The zero-order valence-electron chi connectivity index (χ0n) is 9.01. The summed E-state index contributed by atoms with van der Waals surface area (Å²) in [6.07, 6.45) is -7.83. The van der Waals surface area contributed by atoms with Gasteiger partial charge in [-0.1, -0.05) is 12.1 Å². The van der Waals surface area contributed by atoms with Crippen molar-refractivity contribution in [1.29, 1.82) is 0 Å². The fraction of sp³-hybridized carbons (Fsp3) is 0.364. The predicted octanol–water partition coefficient (Wildman–Crippen LogP) is 3.65. The second-order valence-corrected chi connectivity index (χ2v) is 3.38. The van der Waals surface area contributed by atoms with Gasteiger partial charge in [-0.05, 0) is 12.5 Å². The number of alkyl halides is 5. The van der Waals surface area contributed by atoms with Crippen LogP contribution in [0.15, 0.2) is 18.2 Å². The first-order chi connectivity index (χ1) is 8.35. The zero-order chi connectivity index (χ0) is 13.8. The van der Waals surface area contributed by atoms with Gasteiger partial charge in [0.2, 0.25) is 0 Å². The third-order valence-electron chi connectivity index (χ3n) is 2.14. The Hall–Kier alpha value is -1.66. The van der Waals surface area contributed by atoms with Crippen molar-refractivity contribution in [3.05, 3.63) is 29.3 Å². The van der Waals surface area contributed by atoms with Gasteiger partial charge in [0.05, 0.1) is 0 Å². The zero-order valence-corrected chi connectivity index (χ0v) is 9.01. The summed E-state index contributed by atoms with van der Waals surface area (Å²) in [4.78, 5) is 10.2. The van der Waals surface area contributed by atoms with Gasteiger partial charge in [0.1, 0.15) is 12.0 Å². The van der Waals surface area contributed by atoms with Gasteiger partial charge >= 0.3 is 6.36 Å². The highest BCUT2D eigenvalue weighted by Crippen LogP contribution is 2.33. The molecule has 0 atom stereocenters. The van der Waals surface area contributed by atoms with Gasteiger partial charge in [-0.25, -0.2) is 8.78 Å². The van der Waals surface area contributed by atoms with Gasteiger partial charge in [-0.2, -0.15) is 0 Å². The number of rotatable bonds is 5. The van der Waals surface area contributed by atoms with E-state index in [0.29, 0.717) is 6.29 Å². The monoisotopic (exact) mass is 268 g/mol. The molecule has 0 N–H and O–H groups in total. The van der Waals surface area contributed by atoms with Crippen molar-refractivity contribution in [1.82, 2.24) is 0 Å². The van der Waals surface area contributed by atoms with Crippen LogP contribution in [0.4, 0.5) is 22.0 Å². The van der Waals surface area contributed by atoms with E-state index in [2.05, 4.69) is 4.74 Å². The molecule has 1 aromatic carbocycles. The van der Waals surface area contributed by atoms with Crippen molar-refractivity contribution < 1.29 is 31.5 Å². The molecule has 2 nitrogen and oxygen atoms in total. The minimum Gasteiger partial charge on any atom is -0.405 e. The molecule has 0 aliphatic rings. The second-order valence-electron chi connectivity index (χ2n) is 3.38. The minimum absolute atomic E-state index is 0.155. The Balaban J connectivity index is 3.14. The SMILES string of the molecule is O=CCCc1c(OC(F)(F)F)cccc1C(F)F. The Morgan fingerprint density at radius 1 is 1.28 bits per heavy atom. The van der Waals surface area contributed by atoms with Gasteiger partial charge in [0, 0.05) is 17.5 Å². The van der Waals surface area contributed by atoms with E-state index in [9.17, 15) is 26.7 Å². The van der Waals surface area contributed by atoms with Crippen molar-refractivity contribution >= 4 is 6.29 Å². The molecular weight excluding hydrogens is 259 g/mol. The van der Waals surface area contributed by atoms with Crippen LogP contribution >= 0.6 is 0 Å². The molecule has 0 spiro atoms. The summed E-state index contributed by atoms with van der Waals surface area (Å²) in [5.74, 6) is -0.692. The van der Waals surface area contributed by atoms with E-state index in [1.54, 1.807) is 0 Å². The second kappa shape index (κ2) is 5.79. The molecule has 0 unspecified atom stereocenters. The number of hydrogen-bond acceptors (Lipinski definition) is 2. The van der Waals surface area contributed by atoms with Gasteiger partial charge < -0.3 is 9.53 Å². The predicted molar refractivity (Wildman–Crippen MR) is 52.5 cm³/mol. The van der Waals surface area contributed by atoms with Crippen LogP contribution in [0.3, 0.4) is 0 Å². The molecule has 0 saturated heterocycles. The lowest BCUT2D eigenvalue weighted by molar-refractivity contribution is -0.274. The van der Waals surface area contributed by atoms with Gasteiger partial charge in [0.15, 0.2) is 0 Å². The lowest BCUT2D eigenvalue weighted by Gasteiger charge is -2.15. The van der Waals surface area contributed by atoms with E-state index in [1.807, 2.05) is 0 Å². The van der Waals surface area contributed by atoms with Crippen LogP contribution in [0.5, 0.6) is 5.75 Å². The van der Waals surface area contributed by atoms with Crippen LogP contribution in [-0.4, -0.2) is 12.6 Å². The molecule has 0 radical (unpaired) electrons. The van der Waals surface area contributed by atoms with Crippen LogP contribution in [0, 0.1) is 0 Å². The number of benzene rings is 1. The quantitative estimate of drug-likeness (QED) is 0.601. The third kappa shape index (κ3) is 3.97. The first-order valence-corrected chi connectivity index (χ1v) is 4.94. The molecule has 0 bridgehead atoms. The molecule has 0 aliphatic carbocycles. The van der Waals surface area contributed by atoms with E-state index in [1.165, 1.54) is 0 Å². The third-order valence-corrected chi connectivity index (χ3v) is 2.14. The van der Waals surface area contributed by atoms with E-state index in [0.717, 1.165) is 18.2 Å². The number of aldehydes is 1. The lowest BCUT2D eigenvalue weighted by Crippen LogP contribution is -2.18. The number of hydrogen-bond donors (Lipinski definition) is 0. The van der Waals surface area contributed by atoms with Gasteiger partial charge in [0.25, 0.3) is 6.43 Å². The lowest BCUT2D eigenvalue weighted by atomic mass is 10.0. The summed E-state index contributed by atoms with van der Waals surface area (Å²) in [7, 11) is 0. The van der Waals surface area contributed by atoms with Crippen molar-refractivity contribution in [3.63, 3.8) is 0 Å². The molecule has 0 aromatic heterocycles. The maximum atomic E-state index is 12.6. The smallest absolute Gasteiger partial charge is 0.405 e. The highest BCUT2D eigenvalue weighted by atomic mass is 19.4.